The van der Waals surface area contributed by atoms with Gasteiger partial charge in [-0.05, 0) is 58.9 Å². The van der Waals surface area contributed by atoms with Crippen molar-refractivity contribution >= 4 is 34.2 Å². The quantitative estimate of drug-likeness (QED) is 0.400. The van der Waals surface area contributed by atoms with E-state index in [1.807, 2.05) is 15.8 Å². The maximum atomic E-state index is 13.4. The van der Waals surface area contributed by atoms with Gasteiger partial charge in [-0.3, -0.25) is 4.90 Å². The Kier molecular flexibility index (Phi) is 8.89. The number of urea groups is 1. The minimum absolute atomic E-state index is 0.188. The van der Waals surface area contributed by atoms with Crippen molar-refractivity contribution < 1.29 is 4.79 Å². The van der Waals surface area contributed by atoms with Crippen LogP contribution in [0.5, 0.6) is 0 Å². The molecule has 218 valence electrons. The second-order valence-electron chi connectivity index (χ2n) is 12.1. The van der Waals surface area contributed by atoms with Crippen LogP contribution in [0.1, 0.15) is 64.6 Å². The second-order valence-corrected chi connectivity index (χ2v) is 13.1. The van der Waals surface area contributed by atoms with Crippen molar-refractivity contribution in [3.63, 3.8) is 0 Å². The highest BCUT2D eigenvalue weighted by Crippen LogP contribution is 2.26. The molecular formula is C29H45N9OS. The lowest BCUT2D eigenvalue weighted by Gasteiger charge is -2.42. The molecule has 0 unspecified atom stereocenters. The molecule has 0 radical (unpaired) electrons. The minimum Gasteiger partial charge on any atom is -0.352 e. The van der Waals surface area contributed by atoms with E-state index in [4.69, 9.17) is 4.98 Å². The van der Waals surface area contributed by atoms with Gasteiger partial charge in [0.2, 0.25) is 0 Å². The lowest BCUT2D eigenvalue weighted by Crippen LogP contribution is -2.55. The Labute approximate surface area is 242 Å². The van der Waals surface area contributed by atoms with Crippen molar-refractivity contribution in [2.45, 2.75) is 72.4 Å². The number of amides is 2. The average Bonchev–Trinajstić information content (AvgIpc) is 3.58. The number of aryl methyl sites for hydroxylation is 1. The third-order valence-electron chi connectivity index (χ3n) is 8.33. The number of nitrogens with zero attached hydrogens (tertiary/aromatic N) is 9. The zero-order valence-corrected chi connectivity index (χ0v) is 25.7. The predicted octanol–water partition coefficient (Wildman–Crippen LogP) is 4.36. The van der Waals surface area contributed by atoms with Gasteiger partial charge in [0.15, 0.2) is 5.65 Å². The third-order valence-corrected chi connectivity index (χ3v) is 9.29. The van der Waals surface area contributed by atoms with E-state index in [0.29, 0.717) is 25.6 Å². The van der Waals surface area contributed by atoms with E-state index in [9.17, 15) is 4.79 Å². The standard InChI is InChI=1S/C29H45N9OS/c1-6-8-25-33-23(20-40-25)19-38-27-24(17-32-38)26(30-21-31-27)34-13-15-36(16-14-34)28(39)35-11-9-22(10-12-35)18-37(7-2)29(3,4)5/h17,20-22H,6-16,18-19H2,1-5H3. The molecule has 3 aromatic heterocycles. The molecule has 2 saturated heterocycles. The summed E-state index contributed by atoms with van der Waals surface area (Å²) < 4.78 is 1.91. The Morgan fingerprint density at radius 1 is 1.05 bits per heavy atom. The van der Waals surface area contributed by atoms with E-state index < -0.39 is 0 Å². The zero-order valence-electron chi connectivity index (χ0n) is 24.8. The molecule has 40 heavy (non-hydrogen) atoms. The van der Waals surface area contributed by atoms with Crippen molar-refractivity contribution in [1.82, 2.24) is 39.4 Å². The largest absolute Gasteiger partial charge is 0.352 e. The Bertz CT molecular complexity index is 1270. The van der Waals surface area contributed by atoms with E-state index in [0.717, 1.165) is 87.5 Å². The molecule has 11 heteroatoms. The summed E-state index contributed by atoms with van der Waals surface area (Å²) in [6, 6.07) is 0.188. The first kappa shape index (κ1) is 28.7. The molecule has 0 aromatic carbocycles. The Hall–Kier alpha value is -2.79. The van der Waals surface area contributed by atoms with Gasteiger partial charge in [-0.2, -0.15) is 5.10 Å². The number of aromatic nitrogens is 5. The molecule has 10 nitrogen and oxygen atoms in total. The minimum atomic E-state index is 0.188. The summed E-state index contributed by atoms with van der Waals surface area (Å²) in [5, 5.41) is 8.86. The van der Waals surface area contributed by atoms with Gasteiger partial charge in [0.05, 0.1) is 28.8 Å². The monoisotopic (exact) mass is 567 g/mol. The summed E-state index contributed by atoms with van der Waals surface area (Å²) in [5.41, 5.74) is 2.03. The lowest BCUT2D eigenvalue weighted by atomic mass is 9.94. The number of hydrogen-bond donors (Lipinski definition) is 0. The fourth-order valence-electron chi connectivity index (χ4n) is 5.96. The molecule has 2 aliphatic heterocycles. The first-order valence-electron chi connectivity index (χ1n) is 14.9. The maximum absolute atomic E-state index is 13.4. The number of rotatable bonds is 8. The van der Waals surface area contributed by atoms with Crippen LogP contribution in [-0.4, -0.2) is 103 Å². The molecule has 2 fully saturated rings. The van der Waals surface area contributed by atoms with Crippen LogP contribution in [0.3, 0.4) is 0 Å². The fourth-order valence-corrected chi connectivity index (χ4v) is 6.85. The van der Waals surface area contributed by atoms with Crippen LogP contribution >= 0.6 is 11.3 Å². The first-order chi connectivity index (χ1) is 19.3. The van der Waals surface area contributed by atoms with E-state index in [1.165, 1.54) is 5.01 Å². The number of fused-ring (bicyclic) bond motifs is 1. The van der Waals surface area contributed by atoms with Gasteiger partial charge in [0, 0.05) is 56.7 Å². The van der Waals surface area contributed by atoms with Crippen LogP contribution in [0.2, 0.25) is 0 Å². The molecule has 2 amide bonds. The first-order valence-corrected chi connectivity index (χ1v) is 15.8. The van der Waals surface area contributed by atoms with Crippen LogP contribution in [0.4, 0.5) is 10.6 Å². The normalized spacial score (nSPS) is 17.4. The summed E-state index contributed by atoms with van der Waals surface area (Å²) in [6.45, 7) is 18.7. The van der Waals surface area contributed by atoms with Gasteiger partial charge < -0.3 is 14.7 Å². The topological polar surface area (TPSA) is 86.5 Å². The van der Waals surface area contributed by atoms with Gasteiger partial charge in [-0.25, -0.2) is 24.4 Å². The molecule has 0 spiro atoms. The molecule has 3 aromatic rings. The van der Waals surface area contributed by atoms with E-state index in [2.05, 4.69) is 69.8 Å². The van der Waals surface area contributed by atoms with Gasteiger partial charge in [-0.1, -0.05) is 13.8 Å². The number of carbonyl (C=O) groups excluding carboxylic acids is 1. The lowest BCUT2D eigenvalue weighted by molar-refractivity contribution is 0.0871. The fraction of sp³-hybridized carbons (Fsp3) is 0.690. The smallest absolute Gasteiger partial charge is 0.320 e. The number of likely N-dealkylation sites (tertiary alicyclic amines) is 1. The van der Waals surface area contributed by atoms with Crippen molar-refractivity contribution in [3.05, 3.63) is 28.6 Å². The van der Waals surface area contributed by atoms with E-state index in [1.54, 1.807) is 17.7 Å². The summed E-state index contributed by atoms with van der Waals surface area (Å²) in [5.74, 6) is 1.56. The highest BCUT2D eigenvalue weighted by Gasteiger charge is 2.31. The molecule has 5 heterocycles. The van der Waals surface area contributed by atoms with Crippen LogP contribution in [0.25, 0.3) is 11.0 Å². The van der Waals surface area contributed by atoms with Gasteiger partial charge in [-0.15, -0.1) is 11.3 Å². The number of anilines is 1. The van der Waals surface area contributed by atoms with E-state index >= 15 is 0 Å². The molecule has 0 N–H and O–H groups in total. The average molecular weight is 568 g/mol. The van der Waals surface area contributed by atoms with E-state index in [-0.39, 0.29) is 11.6 Å². The zero-order chi connectivity index (χ0) is 28.3. The SMILES string of the molecule is CCCc1nc(Cn2ncc3c(N4CCN(C(=O)N5CCC(CN(CC)C(C)(C)C)CC5)CC4)ncnc32)cs1. The third kappa shape index (κ3) is 6.40. The predicted molar refractivity (Wildman–Crippen MR) is 161 cm³/mol. The van der Waals surface area contributed by atoms with Gasteiger partial charge in [0.25, 0.3) is 0 Å². The molecule has 0 aliphatic carbocycles. The Balaban J connectivity index is 1.15. The molecular weight excluding hydrogens is 522 g/mol. The van der Waals surface area contributed by atoms with Crippen molar-refractivity contribution in [2.24, 2.45) is 5.92 Å². The molecule has 0 atom stereocenters. The van der Waals surface area contributed by atoms with Gasteiger partial charge in [0.1, 0.15) is 12.1 Å². The highest BCUT2D eigenvalue weighted by molar-refractivity contribution is 7.09. The summed E-state index contributed by atoms with van der Waals surface area (Å²) in [7, 11) is 0. The molecule has 2 aliphatic rings. The number of piperidine rings is 1. The summed E-state index contributed by atoms with van der Waals surface area (Å²) in [6.07, 6.45) is 7.77. The second kappa shape index (κ2) is 12.4. The van der Waals surface area contributed by atoms with Gasteiger partial charge >= 0.3 is 6.03 Å². The van der Waals surface area contributed by atoms with Crippen LogP contribution in [0.15, 0.2) is 17.9 Å². The molecule has 0 bridgehead atoms. The maximum Gasteiger partial charge on any atom is 0.320 e. The van der Waals surface area contributed by atoms with Crippen LogP contribution in [-0.2, 0) is 13.0 Å². The number of hydrogen-bond acceptors (Lipinski definition) is 8. The number of piperazine rings is 1. The van der Waals surface area contributed by atoms with Crippen molar-refractivity contribution in [2.75, 3.05) is 57.3 Å². The van der Waals surface area contributed by atoms with Crippen LogP contribution < -0.4 is 4.90 Å². The number of thiazole rings is 1. The molecule has 5 rings (SSSR count). The van der Waals surface area contributed by atoms with Crippen molar-refractivity contribution in [3.8, 4) is 0 Å². The summed E-state index contributed by atoms with van der Waals surface area (Å²) in [4.78, 5) is 36.2. The summed E-state index contributed by atoms with van der Waals surface area (Å²) >= 11 is 1.71. The molecule has 0 saturated carbocycles. The van der Waals surface area contributed by atoms with Crippen molar-refractivity contribution in [1.29, 1.82) is 0 Å². The highest BCUT2D eigenvalue weighted by atomic mass is 32.1. The number of carbonyl (C=O) groups is 1. The van der Waals surface area contributed by atoms with Crippen LogP contribution in [0, 0.1) is 5.92 Å². The Morgan fingerprint density at radius 2 is 1.77 bits per heavy atom. The Morgan fingerprint density at radius 3 is 2.45 bits per heavy atom.